The van der Waals surface area contributed by atoms with Crippen LogP contribution in [0.3, 0.4) is 0 Å². The Bertz CT molecular complexity index is 672. The minimum absolute atomic E-state index is 0.130. The summed E-state index contributed by atoms with van der Waals surface area (Å²) in [5.41, 5.74) is 1.09. The summed E-state index contributed by atoms with van der Waals surface area (Å²) in [6.45, 7) is 2.55. The number of amides is 1. The molecule has 5 nitrogen and oxygen atoms in total. The van der Waals surface area contributed by atoms with Crippen molar-refractivity contribution in [3.8, 4) is 17.2 Å². The molecule has 0 aromatic heterocycles. The van der Waals surface area contributed by atoms with Crippen LogP contribution in [0.4, 0.5) is 0 Å². The Morgan fingerprint density at radius 3 is 2.78 bits per heavy atom. The van der Waals surface area contributed by atoms with Crippen LogP contribution in [0.5, 0.6) is 17.2 Å². The van der Waals surface area contributed by atoms with Crippen molar-refractivity contribution in [3.05, 3.63) is 54.1 Å². The van der Waals surface area contributed by atoms with Gasteiger partial charge in [0.2, 0.25) is 6.79 Å². The van der Waals surface area contributed by atoms with E-state index in [4.69, 9.17) is 14.2 Å². The zero-order valence-corrected chi connectivity index (χ0v) is 13.0. The molecule has 5 heteroatoms. The lowest BCUT2D eigenvalue weighted by Crippen LogP contribution is -2.37. The van der Waals surface area contributed by atoms with E-state index in [-0.39, 0.29) is 12.7 Å². The molecule has 1 heterocycles. The van der Waals surface area contributed by atoms with E-state index in [1.165, 1.54) is 0 Å². The number of hydrogen-bond acceptors (Lipinski definition) is 4. The SMILES string of the molecule is C[C@@H](Oc1ccccc1)C(=O)NCCc1ccc2c(c1)OCO2. The molecule has 0 radical (unpaired) electrons. The second kappa shape index (κ2) is 7.05. The van der Waals surface area contributed by atoms with Crippen LogP contribution in [0.2, 0.25) is 0 Å². The third-order valence-corrected chi connectivity index (χ3v) is 3.58. The molecule has 1 aliphatic heterocycles. The van der Waals surface area contributed by atoms with Gasteiger partial charge in [0.15, 0.2) is 17.6 Å². The minimum atomic E-state index is -0.533. The average Bonchev–Trinajstić information content (AvgIpc) is 3.03. The molecule has 2 aromatic carbocycles. The zero-order chi connectivity index (χ0) is 16.1. The number of carbonyl (C=O) groups is 1. The molecule has 1 amide bonds. The summed E-state index contributed by atoms with van der Waals surface area (Å²) in [6.07, 6.45) is 0.189. The maximum atomic E-state index is 12.0. The smallest absolute Gasteiger partial charge is 0.260 e. The van der Waals surface area contributed by atoms with Crippen LogP contribution in [-0.2, 0) is 11.2 Å². The van der Waals surface area contributed by atoms with Gasteiger partial charge in [-0.05, 0) is 43.2 Å². The number of carbonyl (C=O) groups excluding carboxylic acids is 1. The Kier molecular flexibility index (Phi) is 4.66. The lowest BCUT2D eigenvalue weighted by Gasteiger charge is -2.14. The van der Waals surface area contributed by atoms with E-state index in [0.717, 1.165) is 23.5 Å². The molecule has 23 heavy (non-hydrogen) atoms. The van der Waals surface area contributed by atoms with Gasteiger partial charge in [0.1, 0.15) is 5.75 Å². The Morgan fingerprint density at radius 1 is 1.17 bits per heavy atom. The van der Waals surface area contributed by atoms with Crippen LogP contribution in [0.1, 0.15) is 12.5 Å². The Morgan fingerprint density at radius 2 is 1.96 bits per heavy atom. The normalized spacial score (nSPS) is 13.4. The lowest BCUT2D eigenvalue weighted by atomic mass is 10.1. The van der Waals surface area contributed by atoms with E-state index in [2.05, 4.69) is 5.32 Å². The largest absolute Gasteiger partial charge is 0.481 e. The summed E-state index contributed by atoms with van der Waals surface area (Å²) in [7, 11) is 0. The number of nitrogens with one attached hydrogen (secondary N) is 1. The highest BCUT2D eigenvalue weighted by atomic mass is 16.7. The fourth-order valence-electron chi connectivity index (χ4n) is 2.33. The molecular formula is C18H19NO4. The van der Waals surface area contributed by atoms with Crippen molar-refractivity contribution >= 4 is 5.91 Å². The van der Waals surface area contributed by atoms with E-state index < -0.39 is 6.10 Å². The van der Waals surface area contributed by atoms with Crippen molar-refractivity contribution in [2.24, 2.45) is 0 Å². The topological polar surface area (TPSA) is 56.8 Å². The number of hydrogen-bond donors (Lipinski definition) is 1. The van der Waals surface area contributed by atoms with Gasteiger partial charge in [-0.15, -0.1) is 0 Å². The van der Waals surface area contributed by atoms with Gasteiger partial charge >= 0.3 is 0 Å². The van der Waals surface area contributed by atoms with Gasteiger partial charge in [0, 0.05) is 6.54 Å². The number of ether oxygens (including phenoxy) is 3. The molecule has 0 spiro atoms. The van der Waals surface area contributed by atoms with Crippen LogP contribution >= 0.6 is 0 Å². The van der Waals surface area contributed by atoms with E-state index in [1.54, 1.807) is 6.92 Å². The van der Waals surface area contributed by atoms with Gasteiger partial charge in [-0.1, -0.05) is 24.3 Å². The summed E-state index contributed by atoms with van der Waals surface area (Å²) in [5, 5.41) is 2.88. The molecule has 0 saturated carbocycles. The van der Waals surface area contributed by atoms with Crippen LogP contribution in [0, 0.1) is 0 Å². The van der Waals surface area contributed by atoms with Crippen LogP contribution in [0.15, 0.2) is 48.5 Å². The summed E-state index contributed by atoms with van der Waals surface area (Å²) < 4.78 is 16.2. The van der Waals surface area contributed by atoms with E-state index in [1.807, 2.05) is 48.5 Å². The Hall–Kier alpha value is -2.69. The maximum absolute atomic E-state index is 12.0. The van der Waals surface area contributed by atoms with E-state index in [9.17, 15) is 4.79 Å². The molecule has 1 N–H and O–H groups in total. The molecule has 0 unspecified atom stereocenters. The first-order valence-corrected chi connectivity index (χ1v) is 7.60. The van der Waals surface area contributed by atoms with Crippen molar-refractivity contribution < 1.29 is 19.0 Å². The molecule has 0 saturated heterocycles. The molecule has 0 aliphatic carbocycles. The van der Waals surface area contributed by atoms with Gasteiger partial charge < -0.3 is 19.5 Å². The van der Waals surface area contributed by atoms with E-state index in [0.29, 0.717) is 12.3 Å². The van der Waals surface area contributed by atoms with Gasteiger partial charge in [-0.3, -0.25) is 4.79 Å². The number of para-hydroxylation sites is 1. The fourth-order valence-corrected chi connectivity index (χ4v) is 2.33. The highest BCUT2D eigenvalue weighted by Gasteiger charge is 2.15. The predicted octanol–water partition coefficient (Wildman–Crippen LogP) is 2.54. The average molecular weight is 313 g/mol. The van der Waals surface area contributed by atoms with Crippen molar-refractivity contribution in [1.29, 1.82) is 0 Å². The molecule has 1 aliphatic rings. The van der Waals surface area contributed by atoms with Crippen LogP contribution in [0.25, 0.3) is 0 Å². The fraction of sp³-hybridized carbons (Fsp3) is 0.278. The van der Waals surface area contributed by atoms with Crippen LogP contribution in [-0.4, -0.2) is 25.3 Å². The Labute approximate surface area is 135 Å². The lowest BCUT2D eigenvalue weighted by molar-refractivity contribution is -0.127. The zero-order valence-electron chi connectivity index (χ0n) is 13.0. The first-order valence-electron chi connectivity index (χ1n) is 7.60. The highest BCUT2D eigenvalue weighted by molar-refractivity contribution is 5.80. The summed E-state index contributed by atoms with van der Waals surface area (Å²) in [5.74, 6) is 2.08. The Balaban J connectivity index is 1.45. The highest BCUT2D eigenvalue weighted by Crippen LogP contribution is 2.32. The van der Waals surface area contributed by atoms with Crippen molar-refractivity contribution in [3.63, 3.8) is 0 Å². The standard InChI is InChI=1S/C18H19NO4/c1-13(23-15-5-3-2-4-6-15)18(20)19-10-9-14-7-8-16-17(11-14)22-12-21-16/h2-8,11,13H,9-10,12H2,1H3,(H,19,20)/t13-/m1/s1. The number of rotatable bonds is 6. The molecular weight excluding hydrogens is 294 g/mol. The third kappa shape index (κ3) is 3.94. The first kappa shape index (κ1) is 15.2. The van der Waals surface area contributed by atoms with Gasteiger partial charge in [0.25, 0.3) is 5.91 Å². The van der Waals surface area contributed by atoms with Crippen LogP contribution < -0.4 is 19.5 Å². The monoisotopic (exact) mass is 313 g/mol. The molecule has 1 atom stereocenters. The summed E-state index contributed by atoms with van der Waals surface area (Å²) in [4.78, 5) is 12.0. The van der Waals surface area contributed by atoms with Gasteiger partial charge in [-0.25, -0.2) is 0 Å². The number of fused-ring (bicyclic) bond motifs is 1. The van der Waals surface area contributed by atoms with E-state index >= 15 is 0 Å². The second-order valence-corrected chi connectivity index (χ2v) is 5.30. The minimum Gasteiger partial charge on any atom is -0.481 e. The van der Waals surface area contributed by atoms with Crippen molar-refractivity contribution in [2.45, 2.75) is 19.4 Å². The third-order valence-electron chi connectivity index (χ3n) is 3.58. The van der Waals surface area contributed by atoms with Gasteiger partial charge in [-0.2, -0.15) is 0 Å². The van der Waals surface area contributed by atoms with Gasteiger partial charge in [0.05, 0.1) is 0 Å². The predicted molar refractivity (Wildman–Crippen MR) is 85.8 cm³/mol. The maximum Gasteiger partial charge on any atom is 0.260 e. The number of benzene rings is 2. The van der Waals surface area contributed by atoms with Crippen molar-refractivity contribution in [2.75, 3.05) is 13.3 Å². The molecule has 0 fully saturated rings. The summed E-state index contributed by atoms with van der Waals surface area (Å²) >= 11 is 0. The summed E-state index contributed by atoms with van der Waals surface area (Å²) in [6, 6.07) is 15.1. The van der Waals surface area contributed by atoms with Crippen molar-refractivity contribution in [1.82, 2.24) is 5.32 Å². The second-order valence-electron chi connectivity index (χ2n) is 5.30. The molecule has 2 aromatic rings. The molecule has 3 rings (SSSR count). The first-order chi connectivity index (χ1) is 11.2. The molecule has 0 bridgehead atoms. The quantitative estimate of drug-likeness (QED) is 0.890. The molecule has 120 valence electrons.